The van der Waals surface area contributed by atoms with Gasteiger partial charge in [0.1, 0.15) is 6.29 Å². The van der Waals surface area contributed by atoms with E-state index in [0.717, 1.165) is 47.9 Å². The third kappa shape index (κ3) is 5.94. The fraction of sp³-hybridized carbons (Fsp3) is 0.333. The molecule has 1 amide bonds. The van der Waals surface area contributed by atoms with Crippen molar-refractivity contribution in [1.82, 2.24) is 15.2 Å². The maximum absolute atomic E-state index is 11.6. The average molecular weight is 444 g/mol. The van der Waals surface area contributed by atoms with E-state index in [1.54, 1.807) is 18.1 Å². The first-order chi connectivity index (χ1) is 15.0. The Morgan fingerprint density at radius 1 is 1.23 bits per heavy atom. The van der Waals surface area contributed by atoms with Gasteiger partial charge in [0, 0.05) is 47.4 Å². The first-order valence-electron chi connectivity index (χ1n) is 10.2. The van der Waals surface area contributed by atoms with Crippen LogP contribution in [0.4, 0.5) is 0 Å². The van der Waals surface area contributed by atoms with Crippen molar-refractivity contribution in [3.63, 3.8) is 0 Å². The molecule has 4 rings (SSSR count). The van der Waals surface area contributed by atoms with E-state index in [1.165, 1.54) is 5.56 Å². The highest BCUT2D eigenvalue weighted by atomic mass is 35.5. The zero-order chi connectivity index (χ0) is 22.8. The number of nitrogens with one attached hydrogen (secondary N) is 2. The van der Waals surface area contributed by atoms with Crippen molar-refractivity contribution in [1.29, 1.82) is 0 Å². The minimum Gasteiger partial charge on any atom is -0.385 e. The van der Waals surface area contributed by atoms with Gasteiger partial charge in [0.05, 0.1) is 6.04 Å². The molecule has 0 saturated heterocycles. The van der Waals surface area contributed by atoms with E-state index < -0.39 is 0 Å². The summed E-state index contributed by atoms with van der Waals surface area (Å²) in [5, 5.41) is 4.54. The molecule has 1 aliphatic rings. The molecule has 7 heteroatoms. The molecule has 31 heavy (non-hydrogen) atoms. The van der Waals surface area contributed by atoms with Crippen LogP contribution in [0.25, 0.3) is 10.9 Å². The molecule has 2 aromatic carbocycles. The van der Waals surface area contributed by atoms with Gasteiger partial charge in [-0.1, -0.05) is 29.8 Å². The Morgan fingerprint density at radius 3 is 2.55 bits per heavy atom. The van der Waals surface area contributed by atoms with E-state index in [0.29, 0.717) is 17.1 Å². The number of methoxy groups -OCH3 is 1. The summed E-state index contributed by atoms with van der Waals surface area (Å²) in [6, 6.07) is 12.9. The van der Waals surface area contributed by atoms with Gasteiger partial charge in [-0.3, -0.25) is 9.59 Å². The number of H-pyrrole nitrogens is 1. The largest absolute Gasteiger partial charge is 0.385 e. The lowest BCUT2D eigenvalue weighted by Gasteiger charge is -2.33. The molecular weight excluding hydrogens is 414 g/mol. The monoisotopic (exact) mass is 443 g/mol. The maximum atomic E-state index is 11.6. The average Bonchev–Trinajstić information content (AvgIpc) is 3.16. The van der Waals surface area contributed by atoms with Gasteiger partial charge in [-0.25, -0.2) is 0 Å². The van der Waals surface area contributed by atoms with Crippen LogP contribution in [0.5, 0.6) is 0 Å². The van der Waals surface area contributed by atoms with Crippen molar-refractivity contribution < 1.29 is 14.3 Å². The predicted octanol–water partition coefficient (Wildman–Crippen LogP) is 4.23. The summed E-state index contributed by atoms with van der Waals surface area (Å²) < 4.78 is 4.54. The van der Waals surface area contributed by atoms with Crippen LogP contribution in [0, 0.1) is 0 Å². The van der Waals surface area contributed by atoms with Gasteiger partial charge in [0.15, 0.2) is 0 Å². The highest BCUT2D eigenvalue weighted by Crippen LogP contribution is 2.38. The van der Waals surface area contributed by atoms with Gasteiger partial charge in [0.2, 0.25) is 6.41 Å². The quantitative estimate of drug-likeness (QED) is 0.592. The predicted molar refractivity (Wildman–Crippen MR) is 126 cm³/mol. The molecule has 0 fully saturated rings. The lowest BCUT2D eigenvalue weighted by atomic mass is 9.92. The van der Waals surface area contributed by atoms with Crippen molar-refractivity contribution in [2.75, 3.05) is 34.4 Å². The highest BCUT2D eigenvalue weighted by Gasteiger charge is 2.31. The molecule has 0 bridgehead atoms. The molecule has 1 atom stereocenters. The molecule has 1 aliphatic heterocycles. The Morgan fingerprint density at radius 2 is 1.94 bits per heavy atom. The zero-order valence-corrected chi connectivity index (χ0v) is 19.2. The number of fused-ring (bicyclic) bond motifs is 3. The molecule has 0 spiro atoms. The molecular formula is C24H30ClN3O3. The number of benzene rings is 2. The van der Waals surface area contributed by atoms with E-state index in [-0.39, 0.29) is 6.04 Å². The molecule has 1 aromatic heterocycles. The summed E-state index contributed by atoms with van der Waals surface area (Å²) in [6.07, 6.45) is 2.47. The summed E-state index contributed by atoms with van der Waals surface area (Å²) in [4.78, 5) is 27.9. The highest BCUT2D eigenvalue weighted by molar-refractivity contribution is 6.31. The summed E-state index contributed by atoms with van der Waals surface area (Å²) >= 11 is 6.15. The molecule has 2 N–H and O–H groups in total. The van der Waals surface area contributed by atoms with E-state index in [9.17, 15) is 9.59 Å². The molecule has 0 aliphatic carbocycles. The zero-order valence-electron chi connectivity index (χ0n) is 18.4. The number of hydrogen-bond donors (Lipinski definition) is 2. The fourth-order valence-corrected chi connectivity index (χ4v) is 3.73. The SMILES string of the molecule is CCOC.CNC.O=Cc1cccc(C2c3[nH]c4ccc(Cl)cc4c3CCN2C=O)c1. The van der Waals surface area contributed by atoms with Crippen molar-refractivity contribution >= 4 is 35.2 Å². The number of hydrogen-bond acceptors (Lipinski definition) is 4. The van der Waals surface area contributed by atoms with Crippen molar-refractivity contribution in [3.8, 4) is 0 Å². The number of halogens is 1. The van der Waals surface area contributed by atoms with Crippen molar-refractivity contribution in [3.05, 3.63) is 69.9 Å². The number of aromatic amines is 1. The van der Waals surface area contributed by atoms with E-state index in [4.69, 9.17) is 11.6 Å². The summed E-state index contributed by atoms with van der Waals surface area (Å²) in [7, 11) is 5.43. The summed E-state index contributed by atoms with van der Waals surface area (Å²) in [6.45, 7) is 3.41. The standard InChI is InChI=1S/C19H15ClN2O2.C3H8O.C2H7N/c20-14-4-5-17-16(9-14)15-6-7-22(11-24)19(18(15)21-17)13-3-1-2-12(8-13)10-23;1-3-4-2;1-3-2/h1-5,8-11,19,21H,6-7H2;3H2,1-2H3;3H,1-2H3. The minimum absolute atomic E-state index is 0.225. The minimum atomic E-state index is -0.225. The first kappa shape index (κ1) is 24.6. The van der Waals surface area contributed by atoms with Crippen molar-refractivity contribution in [2.24, 2.45) is 0 Å². The number of aromatic nitrogens is 1. The number of carbonyl (C=O) groups is 2. The Labute approximate surface area is 188 Å². The number of carbonyl (C=O) groups excluding carboxylic acids is 2. The second-order valence-corrected chi connectivity index (χ2v) is 7.50. The van der Waals surface area contributed by atoms with Crippen LogP contribution in [-0.4, -0.2) is 56.9 Å². The van der Waals surface area contributed by atoms with Crippen LogP contribution < -0.4 is 5.32 Å². The smallest absolute Gasteiger partial charge is 0.210 e. The molecule has 3 aromatic rings. The van der Waals surface area contributed by atoms with Gasteiger partial charge in [-0.2, -0.15) is 0 Å². The van der Waals surface area contributed by atoms with Crippen LogP contribution in [0.1, 0.15) is 40.1 Å². The number of aldehydes is 1. The van der Waals surface area contributed by atoms with Crippen molar-refractivity contribution in [2.45, 2.75) is 19.4 Å². The molecule has 2 heterocycles. The lowest BCUT2D eigenvalue weighted by Crippen LogP contribution is -2.35. The van der Waals surface area contributed by atoms with Crippen LogP contribution in [0.2, 0.25) is 5.02 Å². The van der Waals surface area contributed by atoms with E-state index in [2.05, 4.69) is 15.0 Å². The molecule has 0 saturated carbocycles. The van der Waals surface area contributed by atoms with Gasteiger partial charge >= 0.3 is 0 Å². The van der Waals surface area contributed by atoms with E-state index >= 15 is 0 Å². The van der Waals surface area contributed by atoms with Crippen LogP contribution in [-0.2, 0) is 16.0 Å². The lowest BCUT2D eigenvalue weighted by molar-refractivity contribution is -0.120. The molecule has 0 radical (unpaired) electrons. The second kappa shape index (κ2) is 12.2. The second-order valence-electron chi connectivity index (χ2n) is 7.07. The fourth-order valence-electron chi connectivity index (χ4n) is 3.55. The van der Waals surface area contributed by atoms with E-state index in [1.807, 2.05) is 57.4 Å². The Kier molecular flexibility index (Phi) is 9.72. The Bertz CT molecular complexity index is 1000. The normalized spacial score (nSPS) is 14.6. The van der Waals surface area contributed by atoms with Gasteiger partial charge in [0.25, 0.3) is 0 Å². The number of rotatable bonds is 4. The third-order valence-corrected chi connectivity index (χ3v) is 5.15. The maximum Gasteiger partial charge on any atom is 0.210 e. The molecule has 166 valence electrons. The van der Waals surface area contributed by atoms with Gasteiger partial charge in [-0.05, 0) is 62.8 Å². The van der Waals surface area contributed by atoms with Crippen LogP contribution >= 0.6 is 11.6 Å². The number of ether oxygens (including phenoxy) is 1. The topological polar surface area (TPSA) is 74.4 Å². The summed E-state index contributed by atoms with van der Waals surface area (Å²) in [5.74, 6) is 0. The van der Waals surface area contributed by atoms with Crippen LogP contribution in [0.15, 0.2) is 42.5 Å². The third-order valence-electron chi connectivity index (χ3n) is 4.91. The number of nitrogens with zero attached hydrogens (tertiary/aromatic N) is 1. The first-order valence-corrected chi connectivity index (χ1v) is 10.6. The van der Waals surface area contributed by atoms with Gasteiger partial charge < -0.3 is 19.9 Å². The Hall–Kier alpha value is -2.67. The summed E-state index contributed by atoms with van der Waals surface area (Å²) in [5.41, 5.74) is 4.71. The molecule has 1 unspecified atom stereocenters. The Balaban J connectivity index is 0.000000431. The molecule has 6 nitrogen and oxygen atoms in total. The van der Waals surface area contributed by atoms with Gasteiger partial charge in [-0.15, -0.1) is 0 Å². The number of amides is 1. The van der Waals surface area contributed by atoms with Crippen LogP contribution in [0.3, 0.4) is 0 Å².